The molecule has 0 aliphatic carbocycles. The molecule has 66 valence electrons. The van der Waals surface area contributed by atoms with Crippen LogP contribution in [0.5, 0.6) is 0 Å². The Hall–Kier alpha value is -0.770. The third kappa shape index (κ3) is 2.37. The van der Waals surface area contributed by atoms with Crippen molar-refractivity contribution in [3.63, 3.8) is 0 Å². The van der Waals surface area contributed by atoms with Crippen molar-refractivity contribution in [2.24, 2.45) is 7.05 Å². The molecule has 0 aliphatic rings. The zero-order chi connectivity index (χ0) is 8.97. The lowest BCUT2D eigenvalue weighted by atomic mass is 10.6. The maximum atomic E-state index is 10.9. The van der Waals surface area contributed by atoms with E-state index in [1.165, 1.54) is 11.8 Å². The number of carbonyl (C=O) groups excluding carboxylic acids is 1. The quantitative estimate of drug-likeness (QED) is 0.715. The van der Waals surface area contributed by atoms with E-state index in [4.69, 9.17) is 0 Å². The van der Waals surface area contributed by atoms with Gasteiger partial charge in [-0.2, -0.15) is 0 Å². The average Bonchev–Trinajstić information content (AvgIpc) is 2.47. The van der Waals surface area contributed by atoms with E-state index in [9.17, 15) is 4.79 Å². The number of rotatable bonds is 3. The Morgan fingerprint density at radius 2 is 2.50 bits per heavy atom. The number of nitrogens with zero attached hydrogens (tertiary/aromatic N) is 2. The van der Waals surface area contributed by atoms with Gasteiger partial charge in [0.2, 0.25) is 0 Å². The Kier molecular flexibility index (Phi) is 3.34. The van der Waals surface area contributed by atoms with Gasteiger partial charge in [0.05, 0.1) is 5.75 Å². The molecule has 1 aromatic heterocycles. The van der Waals surface area contributed by atoms with Crippen LogP contribution in [0.1, 0.15) is 19.2 Å². The zero-order valence-electron chi connectivity index (χ0n) is 7.28. The van der Waals surface area contributed by atoms with Crippen molar-refractivity contribution >= 4 is 16.9 Å². The van der Waals surface area contributed by atoms with Crippen molar-refractivity contribution in [2.75, 3.05) is 0 Å². The molecule has 0 unspecified atom stereocenters. The fourth-order valence-electron chi connectivity index (χ4n) is 0.783. The van der Waals surface area contributed by atoms with Crippen LogP contribution in [0.4, 0.5) is 0 Å². The highest BCUT2D eigenvalue weighted by atomic mass is 32.2. The Morgan fingerprint density at radius 1 is 1.75 bits per heavy atom. The third-order valence-electron chi connectivity index (χ3n) is 1.57. The molecule has 0 spiro atoms. The maximum Gasteiger partial charge on any atom is 0.189 e. The molecule has 0 aliphatic heterocycles. The van der Waals surface area contributed by atoms with Gasteiger partial charge in [-0.3, -0.25) is 4.79 Å². The summed E-state index contributed by atoms with van der Waals surface area (Å²) >= 11 is 1.33. The molecule has 1 rings (SSSR count). The molecule has 1 aromatic rings. The summed E-state index contributed by atoms with van der Waals surface area (Å²) < 4.78 is 1.93. The molecule has 0 radical (unpaired) electrons. The minimum atomic E-state index is 0.220. The van der Waals surface area contributed by atoms with E-state index in [-0.39, 0.29) is 5.12 Å². The molecule has 3 nitrogen and oxygen atoms in total. The second-order valence-electron chi connectivity index (χ2n) is 2.47. The van der Waals surface area contributed by atoms with Crippen molar-refractivity contribution < 1.29 is 4.79 Å². The minimum Gasteiger partial charge on any atom is -0.337 e. The Bertz CT molecular complexity index is 270. The summed E-state index contributed by atoms with van der Waals surface area (Å²) in [5.41, 5.74) is 0. The molecule has 0 bridgehead atoms. The SMILES string of the molecule is CCC(=O)SCc1nccn1C. The number of carbonyl (C=O) groups is 1. The monoisotopic (exact) mass is 184 g/mol. The summed E-state index contributed by atoms with van der Waals surface area (Å²) in [4.78, 5) is 15.1. The van der Waals surface area contributed by atoms with Gasteiger partial charge < -0.3 is 4.57 Å². The first kappa shape index (κ1) is 9.32. The number of hydrogen-bond donors (Lipinski definition) is 0. The Labute approximate surface area is 76.2 Å². The van der Waals surface area contributed by atoms with Crippen molar-refractivity contribution in [2.45, 2.75) is 19.1 Å². The van der Waals surface area contributed by atoms with Gasteiger partial charge in [-0.1, -0.05) is 18.7 Å². The van der Waals surface area contributed by atoms with Gasteiger partial charge in [-0.15, -0.1) is 0 Å². The first-order chi connectivity index (χ1) is 5.74. The predicted molar refractivity (Wildman–Crippen MR) is 49.8 cm³/mol. The second-order valence-corrected chi connectivity index (χ2v) is 3.50. The lowest BCUT2D eigenvalue weighted by Crippen LogP contribution is -1.97. The van der Waals surface area contributed by atoms with Crippen molar-refractivity contribution in [1.82, 2.24) is 9.55 Å². The van der Waals surface area contributed by atoms with Crippen LogP contribution in [-0.2, 0) is 17.6 Å². The molecule has 0 atom stereocenters. The number of aryl methyl sites for hydroxylation is 1. The first-order valence-electron chi connectivity index (χ1n) is 3.86. The van der Waals surface area contributed by atoms with E-state index in [0.717, 1.165) is 5.82 Å². The number of aromatic nitrogens is 2. The van der Waals surface area contributed by atoms with Gasteiger partial charge in [0.15, 0.2) is 5.12 Å². The molecule has 0 aromatic carbocycles. The summed E-state index contributed by atoms with van der Waals surface area (Å²) in [5.74, 6) is 1.62. The van der Waals surface area contributed by atoms with Gasteiger partial charge in [0.25, 0.3) is 0 Å². The van der Waals surface area contributed by atoms with Crippen LogP contribution in [0.2, 0.25) is 0 Å². The maximum absolute atomic E-state index is 10.9. The zero-order valence-corrected chi connectivity index (χ0v) is 8.10. The van der Waals surface area contributed by atoms with Crippen LogP contribution in [0.3, 0.4) is 0 Å². The molecule has 0 amide bonds. The van der Waals surface area contributed by atoms with Crippen LogP contribution in [-0.4, -0.2) is 14.7 Å². The van der Waals surface area contributed by atoms with Gasteiger partial charge in [0, 0.05) is 25.9 Å². The summed E-state index contributed by atoms with van der Waals surface area (Å²) in [6.07, 6.45) is 4.22. The van der Waals surface area contributed by atoms with Crippen molar-refractivity contribution in [1.29, 1.82) is 0 Å². The molecule has 0 N–H and O–H groups in total. The Balaban J connectivity index is 2.43. The Morgan fingerprint density at radius 3 is 3.00 bits per heavy atom. The molecule has 4 heteroatoms. The normalized spacial score (nSPS) is 10.2. The predicted octanol–water partition coefficient (Wildman–Crippen LogP) is 1.59. The highest BCUT2D eigenvalue weighted by Gasteiger charge is 2.03. The average molecular weight is 184 g/mol. The van der Waals surface area contributed by atoms with E-state index in [1.54, 1.807) is 6.20 Å². The number of hydrogen-bond acceptors (Lipinski definition) is 3. The fraction of sp³-hybridized carbons (Fsp3) is 0.500. The van der Waals surface area contributed by atoms with E-state index in [1.807, 2.05) is 24.7 Å². The van der Waals surface area contributed by atoms with Gasteiger partial charge >= 0.3 is 0 Å². The molecule has 0 saturated heterocycles. The fourth-order valence-corrected chi connectivity index (χ4v) is 1.56. The van der Waals surface area contributed by atoms with Gasteiger partial charge in [-0.05, 0) is 0 Å². The summed E-state index contributed by atoms with van der Waals surface area (Å²) in [6.45, 7) is 1.87. The number of thioether (sulfide) groups is 1. The van der Waals surface area contributed by atoms with Gasteiger partial charge in [-0.25, -0.2) is 4.98 Å². The van der Waals surface area contributed by atoms with Crippen LogP contribution in [0, 0.1) is 0 Å². The first-order valence-corrected chi connectivity index (χ1v) is 4.84. The van der Waals surface area contributed by atoms with Crippen LogP contribution >= 0.6 is 11.8 Å². The van der Waals surface area contributed by atoms with E-state index < -0.39 is 0 Å². The smallest absolute Gasteiger partial charge is 0.189 e. The standard InChI is InChI=1S/C8H12N2OS/c1-3-8(11)12-6-7-9-4-5-10(7)2/h4-5H,3,6H2,1-2H3. The summed E-state index contributed by atoms with van der Waals surface area (Å²) in [6, 6.07) is 0. The van der Waals surface area contributed by atoms with Crippen molar-refractivity contribution in [3.8, 4) is 0 Å². The van der Waals surface area contributed by atoms with E-state index in [2.05, 4.69) is 4.98 Å². The molecule has 12 heavy (non-hydrogen) atoms. The van der Waals surface area contributed by atoms with E-state index >= 15 is 0 Å². The third-order valence-corrected chi connectivity index (χ3v) is 2.59. The topological polar surface area (TPSA) is 34.9 Å². The van der Waals surface area contributed by atoms with Crippen LogP contribution < -0.4 is 0 Å². The van der Waals surface area contributed by atoms with Crippen LogP contribution in [0.15, 0.2) is 12.4 Å². The van der Waals surface area contributed by atoms with Crippen molar-refractivity contribution in [3.05, 3.63) is 18.2 Å². The molecular formula is C8H12N2OS. The van der Waals surface area contributed by atoms with Crippen LogP contribution in [0.25, 0.3) is 0 Å². The lowest BCUT2D eigenvalue weighted by Gasteiger charge is -1.98. The molecule has 0 saturated carbocycles. The summed E-state index contributed by atoms with van der Waals surface area (Å²) in [5, 5.41) is 0.220. The van der Waals surface area contributed by atoms with E-state index in [0.29, 0.717) is 12.2 Å². The molecular weight excluding hydrogens is 172 g/mol. The molecule has 0 fully saturated rings. The second kappa shape index (κ2) is 4.30. The highest BCUT2D eigenvalue weighted by molar-refractivity contribution is 8.12. The highest BCUT2D eigenvalue weighted by Crippen LogP contribution is 2.11. The molecule has 1 heterocycles. The largest absolute Gasteiger partial charge is 0.337 e. The summed E-state index contributed by atoms with van der Waals surface area (Å²) in [7, 11) is 1.93. The van der Waals surface area contributed by atoms with Gasteiger partial charge in [0.1, 0.15) is 5.82 Å². The minimum absolute atomic E-state index is 0.220. The lowest BCUT2D eigenvalue weighted by molar-refractivity contribution is -0.110. The number of imidazole rings is 1.